The van der Waals surface area contributed by atoms with Crippen molar-refractivity contribution in [3.63, 3.8) is 0 Å². The zero-order chi connectivity index (χ0) is 10.5. The first-order valence-corrected chi connectivity index (χ1v) is 5.23. The van der Waals surface area contributed by atoms with Gasteiger partial charge in [0.25, 0.3) is 0 Å². The number of aryl methyl sites for hydroxylation is 1. The number of hydrogen-bond acceptors (Lipinski definition) is 3. The molecule has 4 heteroatoms. The second kappa shape index (κ2) is 4.89. The summed E-state index contributed by atoms with van der Waals surface area (Å²) < 4.78 is 0. The number of pyridine rings is 1. The molecule has 0 aromatic carbocycles. The molecule has 0 radical (unpaired) electrons. The van der Waals surface area contributed by atoms with Crippen molar-refractivity contribution in [3.05, 3.63) is 30.1 Å². The first-order chi connectivity index (χ1) is 7.34. The van der Waals surface area contributed by atoms with Crippen LogP contribution in [0.25, 0.3) is 0 Å². The second-order valence-electron chi connectivity index (χ2n) is 3.80. The fraction of sp³-hybridized carbons (Fsp3) is 0.455. The Morgan fingerprint density at radius 3 is 3.20 bits per heavy atom. The minimum atomic E-state index is 0.0948. The van der Waals surface area contributed by atoms with E-state index in [1.165, 1.54) is 5.56 Å². The molecular formula is C11H15N3O. The minimum absolute atomic E-state index is 0.0948. The average Bonchev–Trinajstić information content (AvgIpc) is 2.28. The molecule has 1 amide bonds. The maximum Gasteiger partial charge on any atom is 0.234 e. The third kappa shape index (κ3) is 3.02. The Hall–Kier alpha value is -1.42. The van der Waals surface area contributed by atoms with Crippen LogP contribution in [0.2, 0.25) is 0 Å². The van der Waals surface area contributed by atoms with Crippen LogP contribution in [0.15, 0.2) is 24.5 Å². The molecule has 1 aromatic rings. The predicted molar refractivity (Wildman–Crippen MR) is 57.4 cm³/mol. The molecule has 1 aliphatic heterocycles. The zero-order valence-corrected chi connectivity index (χ0v) is 8.57. The van der Waals surface area contributed by atoms with E-state index < -0.39 is 0 Å². The zero-order valence-electron chi connectivity index (χ0n) is 8.57. The fourth-order valence-electron chi connectivity index (χ4n) is 1.75. The molecule has 2 heterocycles. The lowest BCUT2D eigenvalue weighted by Crippen LogP contribution is -2.52. The molecule has 1 saturated heterocycles. The summed E-state index contributed by atoms with van der Waals surface area (Å²) in [4.78, 5) is 15.2. The number of piperazine rings is 1. The van der Waals surface area contributed by atoms with Crippen LogP contribution in [-0.2, 0) is 11.2 Å². The molecule has 80 valence electrons. The first-order valence-electron chi connectivity index (χ1n) is 5.23. The predicted octanol–water partition coefficient (Wildman–Crippen LogP) is 0.102. The SMILES string of the molecule is O=C1CNCC(CCc2cccnc2)N1. The molecule has 1 aliphatic rings. The van der Waals surface area contributed by atoms with E-state index in [2.05, 4.69) is 21.7 Å². The Morgan fingerprint density at radius 1 is 1.53 bits per heavy atom. The van der Waals surface area contributed by atoms with Crippen LogP contribution in [-0.4, -0.2) is 30.0 Å². The Kier molecular flexibility index (Phi) is 3.29. The van der Waals surface area contributed by atoms with Gasteiger partial charge in [-0.2, -0.15) is 0 Å². The highest BCUT2D eigenvalue weighted by atomic mass is 16.2. The topological polar surface area (TPSA) is 54.0 Å². The molecular weight excluding hydrogens is 190 g/mol. The van der Waals surface area contributed by atoms with E-state index in [1.54, 1.807) is 6.20 Å². The molecule has 1 unspecified atom stereocenters. The van der Waals surface area contributed by atoms with E-state index in [0.29, 0.717) is 6.54 Å². The van der Waals surface area contributed by atoms with Crippen molar-refractivity contribution in [1.29, 1.82) is 0 Å². The van der Waals surface area contributed by atoms with E-state index >= 15 is 0 Å². The van der Waals surface area contributed by atoms with Crippen LogP contribution < -0.4 is 10.6 Å². The van der Waals surface area contributed by atoms with Crippen molar-refractivity contribution in [3.8, 4) is 0 Å². The van der Waals surface area contributed by atoms with Gasteiger partial charge in [0.15, 0.2) is 0 Å². The van der Waals surface area contributed by atoms with Gasteiger partial charge in [-0.3, -0.25) is 9.78 Å². The summed E-state index contributed by atoms with van der Waals surface area (Å²) >= 11 is 0. The quantitative estimate of drug-likeness (QED) is 0.736. The van der Waals surface area contributed by atoms with Crippen molar-refractivity contribution >= 4 is 5.91 Å². The Bertz CT molecular complexity index is 326. The molecule has 0 spiro atoms. The van der Waals surface area contributed by atoms with Crippen LogP contribution in [0.4, 0.5) is 0 Å². The second-order valence-corrected chi connectivity index (χ2v) is 3.80. The van der Waals surface area contributed by atoms with Crippen LogP contribution >= 0.6 is 0 Å². The number of aromatic nitrogens is 1. The van der Waals surface area contributed by atoms with E-state index in [4.69, 9.17) is 0 Å². The molecule has 1 atom stereocenters. The van der Waals surface area contributed by atoms with Crippen molar-refractivity contribution in [2.45, 2.75) is 18.9 Å². The molecule has 15 heavy (non-hydrogen) atoms. The highest BCUT2D eigenvalue weighted by Crippen LogP contribution is 2.04. The van der Waals surface area contributed by atoms with Crippen LogP contribution in [0, 0.1) is 0 Å². The molecule has 0 bridgehead atoms. The third-order valence-electron chi connectivity index (χ3n) is 2.55. The Labute approximate surface area is 89.1 Å². The summed E-state index contributed by atoms with van der Waals surface area (Å²) in [6, 6.07) is 4.25. The summed E-state index contributed by atoms with van der Waals surface area (Å²) in [5.41, 5.74) is 1.22. The standard InChI is InChI=1S/C11H15N3O/c15-11-8-13-7-10(14-11)4-3-9-2-1-5-12-6-9/h1-2,5-6,10,13H,3-4,7-8H2,(H,14,15). The summed E-state index contributed by atoms with van der Waals surface area (Å²) in [6.45, 7) is 1.31. The van der Waals surface area contributed by atoms with Crippen molar-refractivity contribution < 1.29 is 4.79 Å². The fourth-order valence-corrected chi connectivity index (χ4v) is 1.75. The lowest BCUT2D eigenvalue weighted by molar-refractivity contribution is -0.122. The van der Waals surface area contributed by atoms with Gasteiger partial charge in [0.2, 0.25) is 5.91 Å². The molecule has 1 fully saturated rings. The Balaban J connectivity index is 1.80. The number of rotatable bonds is 3. The van der Waals surface area contributed by atoms with E-state index in [0.717, 1.165) is 19.4 Å². The molecule has 2 rings (SSSR count). The van der Waals surface area contributed by atoms with Gasteiger partial charge in [-0.1, -0.05) is 6.07 Å². The van der Waals surface area contributed by atoms with E-state index in [1.807, 2.05) is 12.3 Å². The van der Waals surface area contributed by atoms with E-state index in [-0.39, 0.29) is 11.9 Å². The van der Waals surface area contributed by atoms with Gasteiger partial charge >= 0.3 is 0 Å². The van der Waals surface area contributed by atoms with Gasteiger partial charge in [0.05, 0.1) is 6.54 Å². The molecule has 0 aliphatic carbocycles. The van der Waals surface area contributed by atoms with Crippen molar-refractivity contribution in [1.82, 2.24) is 15.6 Å². The van der Waals surface area contributed by atoms with Gasteiger partial charge in [-0.15, -0.1) is 0 Å². The van der Waals surface area contributed by atoms with Gasteiger partial charge < -0.3 is 10.6 Å². The largest absolute Gasteiger partial charge is 0.351 e. The molecule has 0 saturated carbocycles. The molecule has 1 aromatic heterocycles. The number of amides is 1. The monoisotopic (exact) mass is 205 g/mol. The average molecular weight is 205 g/mol. The number of nitrogens with one attached hydrogen (secondary N) is 2. The number of carbonyl (C=O) groups is 1. The van der Waals surface area contributed by atoms with Crippen molar-refractivity contribution in [2.24, 2.45) is 0 Å². The molecule has 2 N–H and O–H groups in total. The first kappa shape index (κ1) is 10.1. The maximum absolute atomic E-state index is 11.1. The van der Waals surface area contributed by atoms with Crippen LogP contribution in [0.3, 0.4) is 0 Å². The van der Waals surface area contributed by atoms with Gasteiger partial charge in [-0.25, -0.2) is 0 Å². The normalized spacial score (nSPS) is 21.1. The van der Waals surface area contributed by atoms with E-state index in [9.17, 15) is 4.79 Å². The highest BCUT2D eigenvalue weighted by Gasteiger charge is 2.16. The van der Waals surface area contributed by atoms with Crippen LogP contribution in [0.5, 0.6) is 0 Å². The lowest BCUT2D eigenvalue weighted by atomic mass is 10.1. The molecule has 4 nitrogen and oxygen atoms in total. The smallest absolute Gasteiger partial charge is 0.234 e. The summed E-state index contributed by atoms with van der Waals surface area (Å²) in [7, 11) is 0. The number of hydrogen-bond donors (Lipinski definition) is 2. The number of nitrogens with zero attached hydrogens (tertiary/aromatic N) is 1. The highest BCUT2D eigenvalue weighted by molar-refractivity contribution is 5.79. The number of carbonyl (C=O) groups excluding carboxylic acids is 1. The Morgan fingerprint density at radius 2 is 2.47 bits per heavy atom. The van der Waals surface area contributed by atoms with Crippen molar-refractivity contribution in [2.75, 3.05) is 13.1 Å². The van der Waals surface area contributed by atoms with Gasteiger partial charge in [0.1, 0.15) is 0 Å². The maximum atomic E-state index is 11.1. The summed E-state index contributed by atoms with van der Waals surface area (Å²) in [5, 5.41) is 6.06. The summed E-state index contributed by atoms with van der Waals surface area (Å²) in [6.07, 6.45) is 5.57. The van der Waals surface area contributed by atoms with Crippen LogP contribution in [0.1, 0.15) is 12.0 Å². The summed E-state index contributed by atoms with van der Waals surface area (Å²) in [5.74, 6) is 0.0948. The van der Waals surface area contributed by atoms with Gasteiger partial charge in [-0.05, 0) is 24.5 Å². The lowest BCUT2D eigenvalue weighted by Gasteiger charge is -2.24. The van der Waals surface area contributed by atoms with Gasteiger partial charge in [0, 0.05) is 25.0 Å². The minimum Gasteiger partial charge on any atom is -0.351 e. The third-order valence-corrected chi connectivity index (χ3v) is 2.55.